The van der Waals surface area contributed by atoms with Gasteiger partial charge in [0.2, 0.25) is 17.7 Å². The standard InChI is InChI=1S/C33H52N4O5/c1-21(2)25(20-22(3)29(39)37-19-15-18-24(37)31(41)42-11)36(10)30(40)27(32(4,5)6)35-28(38)26(34-9)33(7,8)23-16-13-12-14-17-23/h12-14,16-17,20-21,24-27,34H,15,18-19H2,1-11H3,(H,35,38)/b22-20+/t24-,25-,26-,27-/m1/s1. The molecule has 2 N–H and O–H groups in total. The zero-order valence-electron chi connectivity index (χ0n) is 27.4. The average molecular weight is 585 g/mol. The number of carbonyl (C=O) groups is 4. The molecule has 9 nitrogen and oxygen atoms in total. The number of hydrogen-bond acceptors (Lipinski definition) is 6. The first-order valence-corrected chi connectivity index (χ1v) is 14.9. The van der Waals surface area contributed by atoms with Crippen LogP contribution in [-0.4, -0.2) is 85.4 Å². The lowest BCUT2D eigenvalue weighted by atomic mass is 9.76. The number of benzene rings is 1. The molecule has 9 heteroatoms. The molecule has 0 spiro atoms. The lowest BCUT2D eigenvalue weighted by molar-refractivity contribution is -0.149. The van der Waals surface area contributed by atoms with E-state index in [1.165, 1.54) is 7.11 Å². The third kappa shape index (κ3) is 8.00. The number of ether oxygens (including phenoxy) is 1. The molecule has 2 rings (SSSR count). The number of methoxy groups -OCH3 is 1. The molecule has 0 radical (unpaired) electrons. The first-order valence-electron chi connectivity index (χ1n) is 14.9. The highest BCUT2D eigenvalue weighted by Gasteiger charge is 2.42. The Hall–Kier alpha value is -3.20. The quantitative estimate of drug-likeness (QED) is 0.304. The van der Waals surface area contributed by atoms with Crippen molar-refractivity contribution >= 4 is 23.7 Å². The number of likely N-dealkylation sites (N-methyl/N-ethyl adjacent to an activating group) is 2. The normalized spacial score (nSPS) is 18.3. The van der Waals surface area contributed by atoms with E-state index in [4.69, 9.17) is 4.74 Å². The van der Waals surface area contributed by atoms with Crippen LogP contribution in [0.2, 0.25) is 0 Å². The summed E-state index contributed by atoms with van der Waals surface area (Å²) in [4.78, 5) is 56.6. The van der Waals surface area contributed by atoms with E-state index in [-0.39, 0.29) is 23.6 Å². The molecule has 3 amide bonds. The molecule has 0 aromatic heterocycles. The van der Waals surface area contributed by atoms with Gasteiger partial charge in [0.15, 0.2) is 0 Å². The van der Waals surface area contributed by atoms with Gasteiger partial charge in [0.05, 0.1) is 19.2 Å². The van der Waals surface area contributed by atoms with E-state index < -0.39 is 41.0 Å². The van der Waals surface area contributed by atoms with Crippen LogP contribution in [0.4, 0.5) is 0 Å². The number of amides is 3. The van der Waals surface area contributed by atoms with Crippen molar-refractivity contribution in [2.45, 2.75) is 97.8 Å². The number of esters is 1. The fourth-order valence-electron chi connectivity index (χ4n) is 5.78. The molecule has 0 bridgehead atoms. The predicted octanol–water partition coefficient (Wildman–Crippen LogP) is 3.68. The van der Waals surface area contributed by atoms with Gasteiger partial charge >= 0.3 is 5.97 Å². The average Bonchev–Trinajstić information content (AvgIpc) is 3.43. The summed E-state index contributed by atoms with van der Waals surface area (Å²) in [5.41, 5.74) is 0.332. The Morgan fingerprint density at radius 3 is 2.14 bits per heavy atom. The fourth-order valence-corrected chi connectivity index (χ4v) is 5.78. The molecule has 1 aliphatic rings. The molecule has 1 fully saturated rings. The van der Waals surface area contributed by atoms with Gasteiger partial charge < -0.3 is 25.2 Å². The van der Waals surface area contributed by atoms with Crippen molar-refractivity contribution in [1.82, 2.24) is 20.4 Å². The molecule has 1 aromatic carbocycles. The maximum atomic E-state index is 14.1. The molecule has 1 aliphatic heterocycles. The zero-order valence-corrected chi connectivity index (χ0v) is 27.4. The predicted molar refractivity (Wildman–Crippen MR) is 166 cm³/mol. The van der Waals surface area contributed by atoms with Crippen molar-refractivity contribution in [2.24, 2.45) is 11.3 Å². The summed E-state index contributed by atoms with van der Waals surface area (Å²) < 4.78 is 4.90. The number of rotatable bonds is 11. The molecular formula is C33H52N4O5. The summed E-state index contributed by atoms with van der Waals surface area (Å²) >= 11 is 0. The smallest absolute Gasteiger partial charge is 0.328 e. The van der Waals surface area contributed by atoms with Crippen molar-refractivity contribution in [3.05, 3.63) is 47.5 Å². The van der Waals surface area contributed by atoms with Gasteiger partial charge in [0, 0.05) is 24.6 Å². The Balaban J connectivity index is 2.33. The molecule has 42 heavy (non-hydrogen) atoms. The molecular weight excluding hydrogens is 532 g/mol. The number of nitrogens with one attached hydrogen (secondary N) is 2. The van der Waals surface area contributed by atoms with Gasteiger partial charge in [0.1, 0.15) is 12.1 Å². The largest absolute Gasteiger partial charge is 0.467 e. The molecule has 1 saturated heterocycles. The zero-order chi connectivity index (χ0) is 32.0. The highest BCUT2D eigenvalue weighted by Crippen LogP contribution is 2.29. The van der Waals surface area contributed by atoms with Crippen LogP contribution in [0.25, 0.3) is 0 Å². The van der Waals surface area contributed by atoms with Crippen molar-refractivity contribution in [3.8, 4) is 0 Å². The summed E-state index contributed by atoms with van der Waals surface area (Å²) in [6, 6.07) is 7.42. The molecule has 1 aromatic rings. The second kappa shape index (κ2) is 14.3. The molecule has 0 unspecified atom stereocenters. The van der Waals surface area contributed by atoms with Crippen LogP contribution in [0.3, 0.4) is 0 Å². The van der Waals surface area contributed by atoms with Crippen molar-refractivity contribution in [1.29, 1.82) is 0 Å². The minimum Gasteiger partial charge on any atom is -0.467 e. The summed E-state index contributed by atoms with van der Waals surface area (Å²) in [5, 5.41) is 6.23. The molecule has 4 atom stereocenters. The summed E-state index contributed by atoms with van der Waals surface area (Å²) in [5.74, 6) is -1.18. The Bertz CT molecular complexity index is 1140. The number of likely N-dealkylation sites (tertiary alicyclic amines) is 1. The monoisotopic (exact) mass is 584 g/mol. The molecule has 0 saturated carbocycles. The van der Waals surface area contributed by atoms with E-state index in [9.17, 15) is 19.2 Å². The highest BCUT2D eigenvalue weighted by atomic mass is 16.5. The van der Waals surface area contributed by atoms with Gasteiger partial charge in [-0.2, -0.15) is 0 Å². The van der Waals surface area contributed by atoms with Crippen molar-refractivity contribution in [2.75, 3.05) is 27.7 Å². The maximum Gasteiger partial charge on any atom is 0.328 e. The van der Waals surface area contributed by atoms with Gasteiger partial charge in [0.25, 0.3) is 0 Å². The van der Waals surface area contributed by atoms with Crippen LogP contribution in [-0.2, 0) is 29.3 Å². The third-order valence-corrected chi connectivity index (χ3v) is 8.41. The van der Waals surface area contributed by atoms with Crippen LogP contribution in [0.5, 0.6) is 0 Å². The van der Waals surface area contributed by atoms with E-state index >= 15 is 0 Å². The first kappa shape index (κ1) is 35.0. The Morgan fingerprint density at radius 1 is 1.05 bits per heavy atom. The molecule has 0 aliphatic carbocycles. The summed E-state index contributed by atoms with van der Waals surface area (Å²) in [7, 11) is 4.79. The lowest BCUT2D eigenvalue weighted by Crippen LogP contribution is -2.61. The van der Waals surface area contributed by atoms with E-state index in [0.29, 0.717) is 18.5 Å². The molecule has 234 valence electrons. The fraction of sp³-hybridized carbons (Fsp3) is 0.636. The summed E-state index contributed by atoms with van der Waals surface area (Å²) in [6.07, 6.45) is 3.10. The first-order chi connectivity index (χ1) is 19.5. The van der Waals surface area contributed by atoms with Crippen molar-refractivity contribution in [3.63, 3.8) is 0 Å². The van der Waals surface area contributed by atoms with Gasteiger partial charge in [-0.25, -0.2) is 4.79 Å². The van der Waals surface area contributed by atoms with Crippen molar-refractivity contribution < 1.29 is 23.9 Å². The number of nitrogens with zero attached hydrogens (tertiary/aromatic N) is 2. The van der Waals surface area contributed by atoms with Gasteiger partial charge in [-0.15, -0.1) is 0 Å². The van der Waals surface area contributed by atoms with E-state index in [2.05, 4.69) is 10.6 Å². The van der Waals surface area contributed by atoms with Crippen LogP contribution in [0.15, 0.2) is 42.0 Å². The Labute approximate surface area is 252 Å². The van der Waals surface area contributed by atoms with Crippen LogP contribution in [0, 0.1) is 11.3 Å². The molecule has 1 heterocycles. The lowest BCUT2D eigenvalue weighted by Gasteiger charge is -2.40. The maximum absolute atomic E-state index is 14.1. The Kier molecular flexibility index (Phi) is 11.9. The third-order valence-electron chi connectivity index (χ3n) is 8.41. The van der Waals surface area contributed by atoms with Crippen LogP contribution >= 0.6 is 0 Å². The van der Waals surface area contributed by atoms with E-state index in [1.807, 2.05) is 78.8 Å². The van der Waals surface area contributed by atoms with Crippen LogP contribution < -0.4 is 10.6 Å². The minimum absolute atomic E-state index is 0.0185. The van der Waals surface area contributed by atoms with Gasteiger partial charge in [-0.05, 0) is 43.7 Å². The Morgan fingerprint density at radius 2 is 1.64 bits per heavy atom. The number of hydrogen-bond donors (Lipinski definition) is 2. The van der Waals surface area contributed by atoms with Gasteiger partial charge in [-0.3, -0.25) is 14.4 Å². The van der Waals surface area contributed by atoms with Gasteiger partial charge in [-0.1, -0.05) is 84.9 Å². The number of carbonyl (C=O) groups excluding carboxylic acids is 4. The highest BCUT2D eigenvalue weighted by molar-refractivity contribution is 5.96. The summed E-state index contributed by atoms with van der Waals surface area (Å²) in [6.45, 7) is 16.0. The second-order valence-electron chi connectivity index (χ2n) is 13.3. The SMILES string of the molecule is CN[C@H](C(=O)N[C@H](C(=O)N(C)[C@H](/C=C(\C)C(=O)N1CCC[C@@H]1C(=O)OC)C(C)C)C(C)(C)C)C(C)(C)c1ccccc1. The second-order valence-corrected chi connectivity index (χ2v) is 13.3. The van der Waals surface area contributed by atoms with Crippen LogP contribution in [0.1, 0.15) is 73.8 Å². The van der Waals surface area contributed by atoms with E-state index in [0.717, 1.165) is 12.0 Å². The minimum atomic E-state index is -0.814. The topological polar surface area (TPSA) is 108 Å². The van der Waals surface area contributed by atoms with E-state index in [1.54, 1.807) is 36.9 Å².